The number of rotatable bonds is 9. The zero-order valence-corrected chi connectivity index (χ0v) is 22.9. The Labute approximate surface area is 226 Å². The molecule has 5 rings (SSSR count). The summed E-state index contributed by atoms with van der Waals surface area (Å²) in [6.07, 6.45) is 4.38. The molecule has 2 N–H and O–H groups in total. The average Bonchev–Trinajstić information content (AvgIpc) is 3.63. The Morgan fingerprint density at radius 1 is 1.18 bits per heavy atom. The molecule has 1 amide bonds. The predicted octanol–water partition coefficient (Wildman–Crippen LogP) is 4.33. The van der Waals surface area contributed by atoms with Gasteiger partial charge in [-0.05, 0) is 12.5 Å². The highest BCUT2D eigenvalue weighted by Crippen LogP contribution is 2.32. The van der Waals surface area contributed by atoms with Crippen LogP contribution in [0.4, 0.5) is 17.6 Å². The number of nitrogens with zero attached hydrogens (tertiary/aromatic N) is 6. The topological polar surface area (TPSA) is 130 Å². The molecule has 1 saturated heterocycles. The van der Waals surface area contributed by atoms with E-state index in [0.29, 0.717) is 42.1 Å². The first-order valence-electron chi connectivity index (χ1n) is 12.9. The van der Waals surface area contributed by atoms with Gasteiger partial charge in [-0.15, -0.1) is 0 Å². The van der Waals surface area contributed by atoms with Crippen molar-refractivity contribution in [2.45, 2.75) is 45.1 Å². The van der Waals surface area contributed by atoms with E-state index < -0.39 is 0 Å². The molecule has 39 heavy (non-hydrogen) atoms. The van der Waals surface area contributed by atoms with Crippen LogP contribution in [0.5, 0.6) is 11.5 Å². The first kappa shape index (κ1) is 26.6. The summed E-state index contributed by atoms with van der Waals surface area (Å²) in [5.41, 5.74) is 2.43. The van der Waals surface area contributed by atoms with Gasteiger partial charge in [0.05, 0.1) is 37.4 Å². The fourth-order valence-corrected chi connectivity index (χ4v) is 4.42. The van der Waals surface area contributed by atoms with E-state index in [9.17, 15) is 4.79 Å². The molecule has 1 fully saturated rings. The highest BCUT2D eigenvalue weighted by molar-refractivity contribution is 5.90. The number of amides is 1. The van der Waals surface area contributed by atoms with Crippen molar-refractivity contribution in [2.24, 2.45) is 7.05 Å². The van der Waals surface area contributed by atoms with Gasteiger partial charge in [0.15, 0.2) is 11.5 Å². The summed E-state index contributed by atoms with van der Waals surface area (Å²) < 4.78 is 20.6. The summed E-state index contributed by atoms with van der Waals surface area (Å²) in [6, 6.07) is 7.54. The van der Waals surface area contributed by atoms with Crippen LogP contribution in [-0.4, -0.2) is 62.1 Å². The second kappa shape index (κ2) is 11.0. The Morgan fingerprint density at radius 2 is 2.03 bits per heavy atom. The van der Waals surface area contributed by atoms with Crippen molar-refractivity contribution in [1.82, 2.24) is 29.3 Å². The molecule has 0 radical (unpaired) electrons. The number of methoxy groups -OCH3 is 1. The molecule has 206 valence electrons. The molecule has 12 heteroatoms. The molecule has 4 aromatic heterocycles. The maximum Gasteiger partial charge on any atom is 0.227 e. The second-order valence-corrected chi connectivity index (χ2v) is 10.5. The predicted molar refractivity (Wildman–Crippen MR) is 147 cm³/mol. The molecule has 1 atom stereocenters. The van der Waals surface area contributed by atoms with Gasteiger partial charge in [0, 0.05) is 56.3 Å². The van der Waals surface area contributed by atoms with Crippen LogP contribution >= 0.6 is 0 Å². The summed E-state index contributed by atoms with van der Waals surface area (Å²) in [6.45, 7) is 8.30. The lowest BCUT2D eigenvalue weighted by Crippen LogP contribution is -2.22. The lowest BCUT2D eigenvalue weighted by molar-refractivity contribution is -0.117. The van der Waals surface area contributed by atoms with E-state index in [2.05, 4.69) is 57.1 Å². The summed E-state index contributed by atoms with van der Waals surface area (Å²) in [4.78, 5) is 25.3. The number of nitrogens with one attached hydrogen (secondary N) is 2. The van der Waals surface area contributed by atoms with Crippen molar-refractivity contribution in [1.29, 1.82) is 0 Å². The monoisotopic (exact) mass is 534 g/mol. The minimum atomic E-state index is -0.185. The van der Waals surface area contributed by atoms with Crippen LogP contribution in [0, 0.1) is 0 Å². The van der Waals surface area contributed by atoms with Crippen LogP contribution in [0.3, 0.4) is 0 Å². The molecule has 12 nitrogen and oxygen atoms in total. The molecule has 1 aliphatic heterocycles. The number of ether oxygens (including phenoxy) is 3. The number of fused-ring (bicyclic) bond motifs is 1. The van der Waals surface area contributed by atoms with E-state index in [0.717, 1.165) is 30.1 Å². The molecule has 0 saturated carbocycles. The van der Waals surface area contributed by atoms with E-state index in [1.807, 2.05) is 17.7 Å². The van der Waals surface area contributed by atoms with Crippen LogP contribution < -0.4 is 15.4 Å². The zero-order chi connectivity index (χ0) is 27.6. The lowest BCUT2D eigenvalue weighted by atomic mass is 9.91. The second-order valence-electron chi connectivity index (χ2n) is 10.5. The minimum Gasteiger partial charge on any atom is -0.455 e. The number of hydrogen-bond acceptors (Lipinski definition) is 9. The third-order valence-electron chi connectivity index (χ3n) is 6.48. The minimum absolute atomic E-state index is 0.0742. The van der Waals surface area contributed by atoms with E-state index in [4.69, 9.17) is 19.3 Å². The number of anilines is 3. The van der Waals surface area contributed by atoms with Gasteiger partial charge in [-0.3, -0.25) is 9.48 Å². The van der Waals surface area contributed by atoms with Crippen molar-refractivity contribution >= 4 is 34.7 Å². The summed E-state index contributed by atoms with van der Waals surface area (Å²) in [7, 11) is 3.46. The van der Waals surface area contributed by atoms with Gasteiger partial charge in [0.25, 0.3) is 0 Å². The molecular formula is C27H34N8O4. The van der Waals surface area contributed by atoms with Crippen molar-refractivity contribution in [3.05, 3.63) is 42.4 Å². The Hall–Kier alpha value is -4.03. The van der Waals surface area contributed by atoms with Gasteiger partial charge < -0.3 is 29.4 Å². The number of aromatic nitrogens is 6. The molecule has 0 unspecified atom stereocenters. The molecule has 0 spiro atoms. The first-order valence-corrected chi connectivity index (χ1v) is 12.9. The van der Waals surface area contributed by atoms with Crippen LogP contribution in [0.1, 0.15) is 45.3 Å². The van der Waals surface area contributed by atoms with Crippen LogP contribution in [0.25, 0.3) is 11.2 Å². The number of carbonyl (C=O) groups excluding carboxylic acids is 1. The van der Waals surface area contributed by atoms with Crippen molar-refractivity contribution in [2.75, 3.05) is 37.6 Å². The number of hydrogen-bond donors (Lipinski definition) is 2. The Balaban J connectivity index is 1.34. The maximum absolute atomic E-state index is 12.0. The quantitative estimate of drug-likeness (QED) is 0.322. The Bertz CT molecular complexity index is 1470. The van der Waals surface area contributed by atoms with Gasteiger partial charge in [0.1, 0.15) is 17.3 Å². The fraction of sp³-hybridized carbons (Fsp3) is 0.444. The molecule has 0 aliphatic carbocycles. The van der Waals surface area contributed by atoms with E-state index in [-0.39, 0.29) is 23.8 Å². The normalized spacial score (nSPS) is 15.6. The molecule has 4 aromatic rings. The van der Waals surface area contributed by atoms with Crippen LogP contribution in [-0.2, 0) is 26.7 Å². The van der Waals surface area contributed by atoms with Crippen LogP contribution in [0.2, 0.25) is 0 Å². The van der Waals surface area contributed by atoms with Gasteiger partial charge >= 0.3 is 0 Å². The van der Waals surface area contributed by atoms with Gasteiger partial charge in [-0.2, -0.15) is 10.1 Å². The third-order valence-corrected chi connectivity index (χ3v) is 6.48. The van der Waals surface area contributed by atoms with Crippen molar-refractivity contribution < 1.29 is 19.0 Å². The van der Waals surface area contributed by atoms with Crippen molar-refractivity contribution in [3.63, 3.8) is 0 Å². The molecular weight excluding hydrogens is 500 g/mol. The van der Waals surface area contributed by atoms with Gasteiger partial charge in [-0.1, -0.05) is 20.8 Å². The number of pyridine rings is 2. The number of imidazole rings is 1. The largest absolute Gasteiger partial charge is 0.455 e. The average molecular weight is 535 g/mol. The molecule has 1 aliphatic rings. The van der Waals surface area contributed by atoms with Gasteiger partial charge in [0.2, 0.25) is 11.9 Å². The molecule has 0 bridgehead atoms. The smallest absolute Gasteiger partial charge is 0.227 e. The highest BCUT2D eigenvalue weighted by Gasteiger charge is 2.28. The molecule has 5 heterocycles. The number of carbonyl (C=O) groups is 1. The standard InChI is InChI=1S/C27H34N8O4/c1-27(2,3)21-14-23(33-35(21)17-7-11-38-16-17)31-26-32-25-20(34(26)4)12-19(15-29-25)39-18-6-9-28-22(13-18)30-24(36)8-10-37-5/h6,9,12-15,17H,7-8,10-11,16H2,1-5H3,(H,28,30,36)(H,29,31,32,33)/t17-/m1/s1. The first-order chi connectivity index (χ1) is 18.7. The summed E-state index contributed by atoms with van der Waals surface area (Å²) >= 11 is 0. The maximum atomic E-state index is 12.0. The third kappa shape index (κ3) is 6.02. The highest BCUT2D eigenvalue weighted by atomic mass is 16.5. The molecule has 0 aromatic carbocycles. The van der Waals surface area contributed by atoms with Crippen molar-refractivity contribution in [3.8, 4) is 11.5 Å². The summed E-state index contributed by atoms with van der Waals surface area (Å²) in [5.74, 6) is 2.60. The number of aryl methyl sites for hydroxylation is 1. The van der Waals surface area contributed by atoms with Gasteiger partial charge in [-0.25, -0.2) is 9.97 Å². The summed E-state index contributed by atoms with van der Waals surface area (Å²) in [5, 5.41) is 11.0. The Kier molecular flexibility index (Phi) is 7.49. The van der Waals surface area contributed by atoms with E-state index in [1.54, 1.807) is 31.6 Å². The SMILES string of the molecule is COCCC(=O)Nc1cc(Oc2cnc3nc(Nc4cc(C(C)(C)C)n([C@@H]5CCOC5)n4)n(C)c3c2)ccn1. The zero-order valence-electron chi connectivity index (χ0n) is 22.9. The van der Waals surface area contributed by atoms with E-state index >= 15 is 0 Å². The lowest BCUT2D eigenvalue weighted by Gasteiger charge is -2.22. The fourth-order valence-electron chi connectivity index (χ4n) is 4.42. The Morgan fingerprint density at radius 3 is 2.77 bits per heavy atom. The van der Waals surface area contributed by atoms with E-state index in [1.165, 1.54) is 0 Å². The van der Waals surface area contributed by atoms with Crippen LogP contribution in [0.15, 0.2) is 36.7 Å².